The molecule has 0 saturated carbocycles. The van der Waals surface area contributed by atoms with Gasteiger partial charge < -0.3 is 10.6 Å². The number of rotatable bonds is 4. The monoisotopic (exact) mass is 447 g/mol. The van der Waals surface area contributed by atoms with Crippen molar-refractivity contribution in [1.29, 1.82) is 0 Å². The number of hydrogen-bond acceptors (Lipinski definition) is 4. The number of hydrogen-bond donors (Lipinski definition) is 2. The van der Waals surface area contributed by atoms with Crippen LogP contribution in [0.15, 0.2) is 42.5 Å². The maximum atomic E-state index is 12.7. The number of nitrogens with one attached hydrogen (secondary N) is 2. The van der Waals surface area contributed by atoms with E-state index in [1.54, 1.807) is 26.1 Å². The van der Waals surface area contributed by atoms with E-state index in [1.807, 2.05) is 0 Å². The van der Waals surface area contributed by atoms with Gasteiger partial charge in [0, 0.05) is 23.3 Å². The molecule has 0 aliphatic carbocycles. The fourth-order valence-corrected chi connectivity index (χ4v) is 3.24. The second-order valence-corrected chi connectivity index (χ2v) is 8.21. The lowest BCUT2D eigenvalue weighted by Gasteiger charge is -2.29. The topological polar surface area (TPSA) is 95.6 Å². The second kappa shape index (κ2) is 8.10. The van der Waals surface area contributed by atoms with Gasteiger partial charge in [-0.05, 0) is 56.7 Å². The zero-order valence-corrected chi connectivity index (χ0v) is 17.5. The van der Waals surface area contributed by atoms with Crippen LogP contribution in [0.25, 0.3) is 0 Å². The van der Waals surface area contributed by atoms with Crippen LogP contribution in [-0.4, -0.2) is 40.2 Å². The molecule has 10 heteroatoms. The predicted octanol–water partition coefficient (Wildman–Crippen LogP) is 3.51. The number of fused-ring (bicyclic) bond motifs is 1. The van der Waals surface area contributed by atoms with Gasteiger partial charge in [-0.2, -0.15) is 13.2 Å². The van der Waals surface area contributed by atoms with E-state index in [-0.39, 0.29) is 28.9 Å². The first-order valence-corrected chi connectivity index (χ1v) is 9.57. The van der Waals surface area contributed by atoms with Crippen LogP contribution < -0.4 is 10.6 Å². The van der Waals surface area contributed by atoms with Gasteiger partial charge in [0.2, 0.25) is 0 Å². The zero-order valence-electron chi connectivity index (χ0n) is 17.5. The lowest BCUT2D eigenvalue weighted by molar-refractivity contribution is -0.173. The highest BCUT2D eigenvalue weighted by Gasteiger charge is 2.42. The molecule has 2 N–H and O–H groups in total. The minimum Gasteiger partial charge on any atom is -0.344 e. The number of halogens is 3. The van der Waals surface area contributed by atoms with Crippen molar-refractivity contribution in [3.63, 3.8) is 0 Å². The Morgan fingerprint density at radius 1 is 0.938 bits per heavy atom. The molecule has 0 bridgehead atoms. The Hall–Kier alpha value is -3.69. The average molecular weight is 447 g/mol. The summed E-state index contributed by atoms with van der Waals surface area (Å²) in [6, 6.07) is 10.1. The summed E-state index contributed by atoms with van der Waals surface area (Å²) in [5, 5.41) is 4.35. The van der Waals surface area contributed by atoms with E-state index in [0.29, 0.717) is 5.56 Å². The number of benzene rings is 2. The van der Waals surface area contributed by atoms with E-state index in [2.05, 4.69) is 5.32 Å². The Labute approximate surface area is 181 Å². The molecule has 168 valence electrons. The molecular weight excluding hydrogens is 427 g/mol. The Morgan fingerprint density at radius 3 is 2.22 bits per heavy atom. The summed E-state index contributed by atoms with van der Waals surface area (Å²) < 4.78 is 36.9. The Morgan fingerprint density at radius 2 is 1.59 bits per heavy atom. The van der Waals surface area contributed by atoms with Crippen LogP contribution in [0.5, 0.6) is 0 Å². The summed E-state index contributed by atoms with van der Waals surface area (Å²) in [5.74, 6) is -3.56. The minimum absolute atomic E-state index is 0.126. The van der Waals surface area contributed by atoms with Gasteiger partial charge >= 0.3 is 12.1 Å². The highest BCUT2D eigenvalue weighted by molar-refractivity contribution is 6.22. The number of anilines is 1. The molecule has 0 saturated heterocycles. The number of imide groups is 1. The Kier molecular flexibility index (Phi) is 5.82. The van der Waals surface area contributed by atoms with E-state index >= 15 is 0 Å². The van der Waals surface area contributed by atoms with E-state index in [9.17, 15) is 32.3 Å². The molecule has 1 aliphatic heterocycles. The third-order valence-corrected chi connectivity index (χ3v) is 4.71. The van der Waals surface area contributed by atoms with Gasteiger partial charge in [0.15, 0.2) is 0 Å². The molecule has 0 aromatic heterocycles. The van der Waals surface area contributed by atoms with Crippen molar-refractivity contribution in [3.05, 3.63) is 64.7 Å². The number of amides is 4. The quantitative estimate of drug-likeness (QED) is 0.702. The van der Waals surface area contributed by atoms with Gasteiger partial charge in [-0.1, -0.05) is 12.1 Å². The van der Waals surface area contributed by atoms with Crippen LogP contribution in [0.3, 0.4) is 0 Å². The normalized spacial score (nSPS) is 13.8. The number of carbonyl (C=O) groups excluding carboxylic acids is 4. The zero-order chi connectivity index (χ0) is 23.8. The Bertz CT molecular complexity index is 1120. The van der Waals surface area contributed by atoms with E-state index < -0.39 is 35.3 Å². The first kappa shape index (κ1) is 23.0. The third kappa shape index (κ3) is 4.63. The summed E-state index contributed by atoms with van der Waals surface area (Å²) >= 11 is 0. The van der Waals surface area contributed by atoms with Crippen molar-refractivity contribution in [1.82, 2.24) is 10.2 Å². The Balaban J connectivity index is 1.74. The maximum absolute atomic E-state index is 12.7. The van der Waals surface area contributed by atoms with Gasteiger partial charge in [0.1, 0.15) is 0 Å². The molecule has 3 rings (SSSR count). The molecule has 0 fully saturated rings. The lowest BCUT2D eigenvalue weighted by Crippen LogP contribution is -2.45. The summed E-state index contributed by atoms with van der Waals surface area (Å²) in [5.41, 5.74) is 0.378. The van der Waals surface area contributed by atoms with Crippen molar-refractivity contribution in [2.75, 3.05) is 5.32 Å². The van der Waals surface area contributed by atoms with E-state index in [4.69, 9.17) is 0 Å². The largest absolute Gasteiger partial charge is 0.471 e. The number of alkyl halides is 3. The van der Waals surface area contributed by atoms with Crippen LogP contribution >= 0.6 is 0 Å². The number of nitrogens with zero attached hydrogens (tertiary/aromatic N) is 1. The molecule has 7 nitrogen and oxygen atoms in total. The first-order chi connectivity index (χ1) is 14.8. The van der Waals surface area contributed by atoms with Crippen LogP contribution in [0, 0.1) is 0 Å². The van der Waals surface area contributed by atoms with Gasteiger partial charge in [0.25, 0.3) is 17.7 Å². The smallest absolute Gasteiger partial charge is 0.344 e. The van der Waals surface area contributed by atoms with Crippen molar-refractivity contribution in [2.45, 2.75) is 39.0 Å². The van der Waals surface area contributed by atoms with Crippen molar-refractivity contribution < 1.29 is 32.3 Å². The molecule has 32 heavy (non-hydrogen) atoms. The third-order valence-electron chi connectivity index (χ3n) is 4.71. The highest BCUT2D eigenvalue weighted by Crippen LogP contribution is 2.30. The molecular formula is C22H20F3N3O4. The SMILES string of the molecule is CC(C)(C)N1C(=O)c2ccc(C(=O)Nc3cccc(CNC(=O)C(F)(F)F)c3)cc2C1=O. The molecule has 0 atom stereocenters. The molecule has 1 heterocycles. The van der Waals surface area contributed by atoms with Gasteiger partial charge in [-0.15, -0.1) is 0 Å². The van der Waals surface area contributed by atoms with Crippen molar-refractivity contribution in [2.24, 2.45) is 0 Å². The van der Waals surface area contributed by atoms with Crippen LogP contribution in [0.2, 0.25) is 0 Å². The van der Waals surface area contributed by atoms with Gasteiger partial charge in [-0.3, -0.25) is 24.1 Å². The maximum Gasteiger partial charge on any atom is 0.471 e. The summed E-state index contributed by atoms with van der Waals surface area (Å²) in [7, 11) is 0. The average Bonchev–Trinajstić information content (AvgIpc) is 2.95. The molecule has 2 aromatic rings. The molecule has 2 aromatic carbocycles. The van der Waals surface area contributed by atoms with Crippen LogP contribution in [0.1, 0.15) is 57.4 Å². The predicted molar refractivity (Wildman–Crippen MR) is 109 cm³/mol. The molecule has 1 aliphatic rings. The van der Waals surface area contributed by atoms with Crippen LogP contribution in [0.4, 0.5) is 18.9 Å². The molecule has 0 spiro atoms. The molecule has 0 unspecified atom stereocenters. The summed E-state index contributed by atoms with van der Waals surface area (Å²) in [6.45, 7) is 4.81. The van der Waals surface area contributed by atoms with Crippen LogP contribution in [-0.2, 0) is 11.3 Å². The van der Waals surface area contributed by atoms with Crippen molar-refractivity contribution >= 4 is 29.3 Å². The van der Waals surface area contributed by atoms with Gasteiger partial charge in [-0.25, -0.2) is 0 Å². The standard InChI is InChI=1S/C22H20F3N3O4/c1-21(2,3)28-18(30)15-8-7-13(10-16(15)19(28)31)17(29)27-14-6-4-5-12(9-14)11-26-20(32)22(23,24)25/h4-10H,11H2,1-3H3,(H,26,32)(H,27,29). The fourth-order valence-electron chi connectivity index (χ4n) is 3.24. The first-order valence-electron chi connectivity index (χ1n) is 9.57. The minimum atomic E-state index is -4.99. The van der Waals surface area contributed by atoms with Gasteiger partial charge in [0.05, 0.1) is 11.1 Å². The summed E-state index contributed by atoms with van der Waals surface area (Å²) in [4.78, 5) is 50.0. The summed E-state index contributed by atoms with van der Waals surface area (Å²) in [6.07, 6.45) is -4.99. The lowest BCUT2D eigenvalue weighted by atomic mass is 10.1. The number of carbonyl (C=O) groups is 4. The van der Waals surface area contributed by atoms with E-state index in [1.165, 1.54) is 42.5 Å². The molecule has 4 amide bonds. The fraction of sp³-hybridized carbons (Fsp3) is 0.273. The van der Waals surface area contributed by atoms with E-state index in [0.717, 1.165) is 4.90 Å². The molecule has 0 radical (unpaired) electrons. The second-order valence-electron chi connectivity index (χ2n) is 8.21. The van der Waals surface area contributed by atoms with Crippen molar-refractivity contribution in [3.8, 4) is 0 Å². The highest BCUT2D eigenvalue weighted by atomic mass is 19.4.